The van der Waals surface area contributed by atoms with Crippen LogP contribution in [-0.2, 0) is 14.3 Å². The van der Waals surface area contributed by atoms with Gasteiger partial charge >= 0.3 is 5.97 Å². The minimum atomic E-state index is -0.712. The number of phenols is 1. The minimum absolute atomic E-state index is 0.0195. The first kappa shape index (κ1) is 24.8. The van der Waals surface area contributed by atoms with Crippen molar-refractivity contribution in [1.82, 2.24) is 0 Å². The van der Waals surface area contributed by atoms with E-state index in [0.29, 0.717) is 28.3 Å². The number of amides is 2. The summed E-state index contributed by atoms with van der Waals surface area (Å²) in [5.41, 5.74) is 1.97. The predicted molar refractivity (Wildman–Crippen MR) is 131 cm³/mol. The quantitative estimate of drug-likeness (QED) is 0.317. The molecule has 0 spiro atoms. The van der Waals surface area contributed by atoms with E-state index in [4.69, 9.17) is 14.2 Å². The Morgan fingerprint density at radius 1 is 0.886 bits per heavy atom. The fourth-order valence-corrected chi connectivity index (χ4v) is 2.99. The highest BCUT2D eigenvalue weighted by atomic mass is 16.5. The molecule has 0 saturated carbocycles. The minimum Gasteiger partial charge on any atom is -0.504 e. The van der Waals surface area contributed by atoms with Gasteiger partial charge in [-0.05, 0) is 60.2 Å². The summed E-state index contributed by atoms with van der Waals surface area (Å²) in [5, 5.41) is 15.0. The number of para-hydroxylation sites is 2. The Hall–Kier alpha value is -4.79. The molecule has 0 atom stereocenters. The number of nitrogens with one attached hydrogen (secondary N) is 2. The van der Waals surface area contributed by atoms with Crippen molar-refractivity contribution in [3.63, 3.8) is 0 Å². The van der Waals surface area contributed by atoms with Crippen molar-refractivity contribution in [3.8, 4) is 17.2 Å². The van der Waals surface area contributed by atoms with E-state index in [0.717, 1.165) is 6.08 Å². The molecule has 180 valence electrons. The van der Waals surface area contributed by atoms with Crippen LogP contribution in [0.5, 0.6) is 17.2 Å². The average molecular weight is 476 g/mol. The molecule has 9 nitrogen and oxygen atoms in total. The second-order valence-corrected chi connectivity index (χ2v) is 7.15. The van der Waals surface area contributed by atoms with Crippen LogP contribution in [0.25, 0.3) is 6.08 Å². The summed E-state index contributed by atoms with van der Waals surface area (Å²) in [7, 11) is 2.93. The normalized spacial score (nSPS) is 10.5. The molecule has 3 aromatic rings. The van der Waals surface area contributed by atoms with E-state index in [1.807, 2.05) is 0 Å². The molecule has 0 aliphatic rings. The Labute approximate surface area is 201 Å². The number of aromatic hydroxyl groups is 1. The van der Waals surface area contributed by atoms with Gasteiger partial charge in [0, 0.05) is 17.3 Å². The van der Waals surface area contributed by atoms with Crippen molar-refractivity contribution >= 4 is 35.2 Å². The lowest BCUT2D eigenvalue weighted by Crippen LogP contribution is -2.20. The van der Waals surface area contributed by atoms with Gasteiger partial charge in [-0.3, -0.25) is 9.59 Å². The van der Waals surface area contributed by atoms with E-state index < -0.39 is 18.5 Å². The number of benzene rings is 3. The van der Waals surface area contributed by atoms with E-state index in [-0.39, 0.29) is 17.4 Å². The van der Waals surface area contributed by atoms with E-state index in [1.54, 1.807) is 60.7 Å². The van der Waals surface area contributed by atoms with Gasteiger partial charge in [-0.25, -0.2) is 4.79 Å². The van der Waals surface area contributed by atoms with E-state index in [2.05, 4.69) is 10.6 Å². The number of methoxy groups -OCH3 is 2. The highest BCUT2D eigenvalue weighted by Gasteiger charge is 2.11. The number of anilines is 2. The number of carbonyl (C=O) groups excluding carboxylic acids is 3. The van der Waals surface area contributed by atoms with E-state index in [1.165, 1.54) is 26.4 Å². The maximum Gasteiger partial charge on any atom is 0.331 e. The van der Waals surface area contributed by atoms with Gasteiger partial charge in [0.1, 0.15) is 5.75 Å². The van der Waals surface area contributed by atoms with Crippen LogP contribution in [-0.4, -0.2) is 43.7 Å². The van der Waals surface area contributed by atoms with Crippen LogP contribution in [0.3, 0.4) is 0 Å². The van der Waals surface area contributed by atoms with Crippen LogP contribution in [0.2, 0.25) is 0 Å². The number of esters is 1. The second-order valence-electron chi connectivity index (χ2n) is 7.15. The molecule has 9 heteroatoms. The molecule has 0 saturated heterocycles. The number of hydrogen-bond acceptors (Lipinski definition) is 7. The smallest absolute Gasteiger partial charge is 0.331 e. The van der Waals surface area contributed by atoms with Crippen molar-refractivity contribution in [2.45, 2.75) is 0 Å². The molecule has 0 aliphatic carbocycles. The van der Waals surface area contributed by atoms with E-state index in [9.17, 15) is 19.5 Å². The van der Waals surface area contributed by atoms with Crippen molar-refractivity contribution in [1.29, 1.82) is 0 Å². The zero-order valence-electron chi connectivity index (χ0n) is 19.1. The third kappa shape index (κ3) is 7.10. The van der Waals surface area contributed by atoms with Crippen molar-refractivity contribution in [2.24, 2.45) is 0 Å². The summed E-state index contributed by atoms with van der Waals surface area (Å²) in [6, 6.07) is 17.9. The van der Waals surface area contributed by atoms with Gasteiger partial charge in [0.2, 0.25) is 0 Å². The van der Waals surface area contributed by atoms with Gasteiger partial charge in [-0.15, -0.1) is 0 Å². The van der Waals surface area contributed by atoms with Crippen LogP contribution in [0, 0.1) is 0 Å². The summed E-state index contributed by atoms with van der Waals surface area (Å²) in [4.78, 5) is 36.5. The van der Waals surface area contributed by atoms with E-state index >= 15 is 0 Å². The first-order valence-corrected chi connectivity index (χ1v) is 10.5. The van der Waals surface area contributed by atoms with Crippen LogP contribution in [0.4, 0.5) is 11.4 Å². The molecular formula is C26H24N2O7. The monoisotopic (exact) mass is 476 g/mol. The SMILES string of the molecule is COc1cc(C=CC(=O)OCC(=O)Nc2ccc(C(=O)Nc3ccccc3OC)cc2)ccc1O. The molecule has 0 aromatic heterocycles. The summed E-state index contributed by atoms with van der Waals surface area (Å²) >= 11 is 0. The summed E-state index contributed by atoms with van der Waals surface area (Å²) < 4.78 is 15.2. The zero-order valence-corrected chi connectivity index (χ0v) is 19.1. The highest BCUT2D eigenvalue weighted by Crippen LogP contribution is 2.27. The molecule has 35 heavy (non-hydrogen) atoms. The Kier molecular flexibility index (Phi) is 8.44. The fourth-order valence-electron chi connectivity index (χ4n) is 2.99. The molecule has 0 fully saturated rings. The highest BCUT2D eigenvalue weighted by molar-refractivity contribution is 6.05. The summed E-state index contributed by atoms with van der Waals surface area (Å²) in [6.07, 6.45) is 2.63. The van der Waals surface area contributed by atoms with Crippen molar-refractivity contribution in [3.05, 3.63) is 83.9 Å². The average Bonchev–Trinajstić information content (AvgIpc) is 2.87. The van der Waals surface area contributed by atoms with Gasteiger partial charge in [0.15, 0.2) is 18.1 Å². The zero-order chi connectivity index (χ0) is 25.2. The van der Waals surface area contributed by atoms with Crippen molar-refractivity contribution < 1.29 is 33.7 Å². The maximum atomic E-state index is 12.5. The number of carbonyl (C=O) groups is 3. The summed E-state index contributed by atoms with van der Waals surface area (Å²) in [5.74, 6) is -0.798. The first-order chi connectivity index (χ1) is 16.9. The molecule has 0 aliphatic heterocycles. The number of rotatable bonds is 9. The Morgan fingerprint density at radius 2 is 1.60 bits per heavy atom. The van der Waals surface area contributed by atoms with Gasteiger partial charge in [-0.2, -0.15) is 0 Å². The van der Waals surface area contributed by atoms with Crippen LogP contribution in [0.15, 0.2) is 72.8 Å². The molecule has 0 bridgehead atoms. The Bertz CT molecular complexity index is 1240. The van der Waals surface area contributed by atoms with Gasteiger partial charge in [0.25, 0.3) is 11.8 Å². The Balaban J connectivity index is 1.48. The van der Waals surface area contributed by atoms with Crippen LogP contribution in [0.1, 0.15) is 15.9 Å². The lowest BCUT2D eigenvalue weighted by atomic mass is 10.2. The topological polar surface area (TPSA) is 123 Å². The van der Waals surface area contributed by atoms with Crippen LogP contribution >= 0.6 is 0 Å². The largest absolute Gasteiger partial charge is 0.504 e. The Morgan fingerprint density at radius 3 is 2.31 bits per heavy atom. The molecule has 3 N–H and O–H groups in total. The predicted octanol–water partition coefficient (Wildman–Crippen LogP) is 3.86. The standard InChI is InChI=1S/C26H24N2O7/c1-33-22-6-4-3-5-20(22)28-26(32)18-9-11-19(12-10-18)27-24(30)16-35-25(31)14-8-17-7-13-21(29)23(15-17)34-2/h3-15,29H,16H2,1-2H3,(H,27,30)(H,28,32). The fraction of sp³-hybridized carbons (Fsp3) is 0.115. The third-order valence-electron chi connectivity index (χ3n) is 4.75. The van der Waals surface area contributed by atoms with Crippen LogP contribution < -0.4 is 20.1 Å². The van der Waals surface area contributed by atoms with Gasteiger partial charge in [-0.1, -0.05) is 18.2 Å². The maximum absolute atomic E-state index is 12.5. The molecule has 0 radical (unpaired) electrons. The molecule has 2 amide bonds. The van der Waals surface area contributed by atoms with Crippen molar-refractivity contribution in [2.75, 3.05) is 31.5 Å². The third-order valence-corrected chi connectivity index (χ3v) is 4.75. The van der Waals surface area contributed by atoms with Gasteiger partial charge < -0.3 is 30.0 Å². The molecule has 0 heterocycles. The first-order valence-electron chi connectivity index (χ1n) is 10.5. The summed E-state index contributed by atoms with van der Waals surface area (Å²) in [6.45, 7) is -0.488. The number of phenolic OH excluding ortho intramolecular Hbond substituents is 1. The lowest BCUT2D eigenvalue weighted by molar-refractivity contribution is -0.142. The molecule has 3 aromatic carbocycles. The molecule has 3 rings (SSSR count). The number of hydrogen-bond donors (Lipinski definition) is 3. The number of ether oxygens (including phenoxy) is 3. The second kappa shape index (κ2) is 11.9. The van der Waals surface area contributed by atoms with Gasteiger partial charge in [0.05, 0.1) is 19.9 Å². The molecule has 0 unspecified atom stereocenters. The lowest BCUT2D eigenvalue weighted by Gasteiger charge is -2.10. The molecular weight excluding hydrogens is 452 g/mol.